The van der Waals surface area contributed by atoms with E-state index in [1.54, 1.807) is 0 Å². The molecule has 0 fully saturated rings. The van der Waals surface area contributed by atoms with Gasteiger partial charge in [0.25, 0.3) is 0 Å². The molecular weight excluding hydrogens is 220 g/mol. The highest BCUT2D eigenvalue weighted by atomic mass is 15.2. The van der Waals surface area contributed by atoms with Crippen LogP contribution in [-0.2, 0) is 6.42 Å². The second-order valence-corrected chi connectivity index (χ2v) is 5.56. The summed E-state index contributed by atoms with van der Waals surface area (Å²) in [5, 5.41) is 0. The molecule has 0 saturated carbocycles. The Hall–Kier alpha value is -1.02. The van der Waals surface area contributed by atoms with Crippen molar-refractivity contribution < 1.29 is 0 Å². The minimum Gasteiger partial charge on any atom is -0.368 e. The van der Waals surface area contributed by atoms with Gasteiger partial charge in [-0.1, -0.05) is 31.5 Å². The van der Waals surface area contributed by atoms with E-state index in [0.29, 0.717) is 12.0 Å². The zero-order valence-electron chi connectivity index (χ0n) is 11.7. The first kappa shape index (κ1) is 13.4. The van der Waals surface area contributed by atoms with Gasteiger partial charge in [-0.3, -0.25) is 0 Å². The molecule has 2 N–H and O–H groups in total. The van der Waals surface area contributed by atoms with Gasteiger partial charge in [-0.2, -0.15) is 0 Å². The smallest absolute Gasteiger partial charge is 0.0401 e. The second kappa shape index (κ2) is 6.24. The molecular formula is C16H26N2. The molecule has 1 aromatic carbocycles. The fraction of sp³-hybridized carbons (Fsp3) is 0.625. The lowest BCUT2D eigenvalue weighted by atomic mass is 9.94. The maximum Gasteiger partial charge on any atom is 0.0401 e. The molecule has 1 heterocycles. The first-order valence-electron chi connectivity index (χ1n) is 7.30. The number of fused-ring (bicyclic) bond motifs is 1. The summed E-state index contributed by atoms with van der Waals surface area (Å²) in [6.07, 6.45) is 4.95. The molecule has 0 aromatic heterocycles. The molecule has 0 bridgehead atoms. The van der Waals surface area contributed by atoms with Crippen molar-refractivity contribution >= 4 is 5.69 Å². The van der Waals surface area contributed by atoms with Crippen LogP contribution in [0, 0.1) is 5.92 Å². The van der Waals surface area contributed by atoms with Crippen molar-refractivity contribution in [2.75, 3.05) is 18.0 Å². The summed E-state index contributed by atoms with van der Waals surface area (Å²) < 4.78 is 0. The highest BCUT2D eigenvalue weighted by molar-refractivity contribution is 5.56. The Bertz CT molecular complexity index is 375. The van der Waals surface area contributed by atoms with Crippen molar-refractivity contribution in [2.45, 2.75) is 45.6 Å². The largest absolute Gasteiger partial charge is 0.368 e. The number of anilines is 1. The highest BCUT2D eigenvalue weighted by Crippen LogP contribution is 2.31. The second-order valence-electron chi connectivity index (χ2n) is 5.56. The molecule has 2 atom stereocenters. The van der Waals surface area contributed by atoms with Gasteiger partial charge in [-0.05, 0) is 50.3 Å². The number of benzene rings is 1. The van der Waals surface area contributed by atoms with E-state index < -0.39 is 0 Å². The lowest BCUT2D eigenvalue weighted by molar-refractivity contribution is 0.444. The van der Waals surface area contributed by atoms with E-state index >= 15 is 0 Å². The normalized spacial score (nSPS) is 20.6. The van der Waals surface area contributed by atoms with Crippen LogP contribution in [0.4, 0.5) is 5.69 Å². The van der Waals surface area contributed by atoms with Gasteiger partial charge >= 0.3 is 0 Å². The summed E-state index contributed by atoms with van der Waals surface area (Å²) in [6.45, 7) is 6.51. The number of rotatable bonds is 5. The van der Waals surface area contributed by atoms with E-state index in [1.807, 2.05) is 0 Å². The first-order valence-corrected chi connectivity index (χ1v) is 7.30. The molecule has 0 aliphatic carbocycles. The van der Waals surface area contributed by atoms with E-state index in [2.05, 4.69) is 43.0 Å². The zero-order valence-corrected chi connectivity index (χ0v) is 11.7. The lowest BCUT2D eigenvalue weighted by Crippen LogP contribution is -2.42. The van der Waals surface area contributed by atoms with Crippen molar-refractivity contribution in [1.29, 1.82) is 0 Å². The van der Waals surface area contributed by atoms with Crippen molar-refractivity contribution in [2.24, 2.45) is 11.7 Å². The SMILES string of the molecule is CCCC(CN)CN1c2ccccc2CCC1C. The molecule has 2 rings (SSSR count). The van der Waals surface area contributed by atoms with Crippen LogP contribution in [0.2, 0.25) is 0 Å². The van der Waals surface area contributed by atoms with Crippen LogP contribution in [-0.4, -0.2) is 19.1 Å². The number of nitrogens with two attached hydrogens (primary N) is 1. The van der Waals surface area contributed by atoms with E-state index in [9.17, 15) is 0 Å². The summed E-state index contributed by atoms with van der Waals surface area (Å²) in [6, 6.07) is 9.49. The third kappa shape index (κ3) is 2.86. The summed E-state index contributed by atoms with van der Waals surface area (Å²) in [7, 11) is 0. The topological polar surface area (TPSA) is 29.3 Å². The Kier molecular flexibility index (Phi) is 4.65. The molecule has 2 unspecified atom stereocenters. The van der Waals surface area contributed by atoms with E-state index in [1.165, 1.54) is 36.9 Å². The number of nitrogens with zero attached hydrogens (tertiary/aromatic N) is 1. The predicted molar refractivity (Wildman–Crippen MR) is 79.0 cm³/mol. The van der Waals surface area contributed by atoms with E-state index in [4.69, 9.17) is 5.73 Å². The molecule has 1 aromatic rings. The Morgan fingerprint density at radius 3 is 2.89 bits per heavy atom. The first-order chi connectivity index (χ1) is 8.76. The minimum atomic E-state index is 0.628. The number of hydrogen-bond acceptors (Lipinski definition) is 2. The van der Waals surface area contributed by atoms with Gasteiger partial charge < -0.3 is 10.6 Å². The average Bonchev–Trinajstić information content (AvgIpc) is 2.41. The molecule has 2 nitrogen and oxygen atoms in total. The molecule has 0 amide bonds. The van der Waals surface area contributed by atoms with Crippen LogP contribution in [0.25, 0.3) is 0 Å². The van der Waals surface area contributed by atoms with Gasteiger partial charge in [0.15, 0.2) is 0 Å². The molecule has 100 valence electrons. The molecule has 0 radical (unpaired) electrons. The lowest BCUT2D eigenvalue weighted by Gasteiger charge is -2.39. The summed E-state index contributed by atoms with van der Waals surface area (Å²) >= 11 is 0. The van der Waals surface area contributed by atoms with Crippen LogP contribution in [0.5, 0.6) is 0 Å². The fourth-order valence-corrected chi connectivity index (χ4v) is 3.01. The van der Waals surface area contributed by atoms with Crippen LogP contribution in [0.1, 0.15) is 38.7 Å². The number of aryl methyl sites for hydroxylation is 1. The van der Waals surface area contributed by atoms with Gasteiger partial charge in [0, 0.05) is 18.3 Å². The maximum absolute atomic E-state index is 5.91. The monoisotopic (exact) mass is 246 g/mol. The Labute approximate surface area is 111 Å². The molecule has 2 heteroatoms. The standard InChI is InChI=1S/C16H26N2/c1-3-6-14(11-17)12-18-13(2)9-10-15-7-4-5-8-16(15)18/h4-5,7-8,13-14H,3,6,9-12,17H2,1-2H3. The Morgan fingerprint density at radius 1 is 1.39 bits per heavy atom. The predicted octanol–water partition coefficient (Wildman–Crippen LogP) is 3.20. The van der Waals surface area contributed by atoms with Crippen molar-refractivity contribution in [1.82, 2.24) is 0 Å². The van der Waals surface area contributed by atoms with Gasteiger partial charge in [-0.25, -0.2) is 0 Å². The molecule has 1 aliphatic heterocycles. The van der Waals surface area contributed by atoms with Gasteiger partial charge in [-0.15, -0.1) is 0 Å². The fourth-order valence-electron chi connectivity index (χ4n) is 3.01. The molecule has 0 spiro atoms. The molecule has 18 heavy (non-hydrogen) atoms. The third-order valence-corrected chi connectivity index (χ3v) is 4.15. The van der Waals surface area contributed by atoms with Crippen LogP contribution >= 0.6 is 0 Å². The van der Waals surface area contributed by atoms with Crippen LogP contribution < -0.4 is 10.6 Å². The number of hydrogen-bond donors (Lipinski definition) is 1. The van der Waals surface area contributed by atoms with Crippen molar-refractivity contribution in [3.05, 3.63) is 29.8 Å². The maximum atomic E-state index is 5.91. The minimum absolute atomic E-state index is 0.628. The summed E-state index contributed by atoms with van der Waals surface area (Å²) in [5.74, 6) is 0.628. The molecule has 0 saturated heterocycles. The van der Waals surface area contributed by atoms with Gasteiger partial charge in [0.1, 0.15) is 0 Å². The zero-order chi connectivity index (χ0) is 13.0. The van der Waals surface area contributed by atoms with Gasteiger partial charge in [0.2, 0.25) is 0 Å². The summed E-state index contributed by atoms with van der Waals surface area (Å²) in [4.78, 5) is 2.58. The Balaban J connectivity index is 2.15. The third-order valence-electron chi connectivity index (χ3n) is 4.15. The summed E-state index contributed by atoms with van der Waals surface area (Å²) in [5.41, 5.74) is 8.85. The number of para-hydroxylation sites is 1. The van der Waals surface area contributed by atoms with E-state index in [-0.39, 0.29) is 0 Å². The average molecular weight is 246 g/mol. The Morgan fingerprint density at radius 2 is 2.17 bits per heavy atom. The highest BCUT2D eigenvalue weighted by Gasteiger charge is 2.24. The van der Waals surface area contributed by atoms with Crippen molar-refractivity contribution in [3.63, 3.8) is 0 Å². The molecule has 1 aliphatic rings. The van der Waals surface area contributed by atoms with E-state index in [0.717, 1.165) is 13.1 Å². The van der Waals surface area contributed by atoms with Gasteiger partial charge in [0.05, 0.1) is 0 Å². The van der Waals surface area contributed by atoms with Crippen LogP contribution in [0.15, 0.2) is 24.3 Å². The van der Waals surface area contributed by atoms with Crippen molar-refractivity contribution in [3.8, 4) is 0 Å². The quantitative estimate of drug-likeness (QED) is 0.864. The van der Waals surface area contributed by atoms with Crippen LogP contribution in [0.3, 0.4) is 0 Å².